The Morgan fingerprint density at radius 3 is 2.83 bits per heavy atom. The Kier molecular flexibility index (Phi) is 3.05. The van der Waals surface area contributed by atoms with Crippen molar-refractivity contribution in [2.24, 2.45) is 5.73 Å². The standard InChI is InChI=1S/C8H16N2O2/c1-5(9)8(11)10-7-3-4-12-6(7)2/h5-7H,3-4,9H2,1-2H3,(H,10,11). The number of carbonyl (C=O) groups is 1. The second-order valence-electron chi connectivity index (χ2n) is 3.27. The van der Waals surface area contributed by atoms with E-state index in [4.69, 9.17) is 10.5 Å². The molecule has 4 nitrogen and oxygen atoms in total. The van der Waals surface area contributed by atoms with Crippen LogP contribution in [0.15, 0.2) is 0 Å². The predicted octanol–water partition coefficient (Wildman–Crippen LogP) is -0.373. The summed E-state index contributed by atoms with van der Waals surface area (Å²) in [5, 5.41) is 2.84. The molecular weight excluding hydrogens is 156 g/mol. The molecule has 1 amide bonds. The Bertz CT molecular complexity index is 170. The van der Waals surface area contributed by atoms with Crippen LogP contribution in [-0.4, -0.2) is 30.7 Å². The molecule has 1 rings (SSSR count). The van der Waals surface area contributed by atoms with E-state index in [1.165, 1.54) is 0 Å². The van der Waals surface area contributed by atoms with Gasteiger partial charge in [-0.3, -0.25) is 4.79 Å². The average Bonchev–Trinajstić information content (AvgIpc) is 2.36. The van der Waals surface area contributed by atoms with E-state index in [1.807, 2.05) is 6.92 Å². The molecule has 0 spiro atoms. The summed E-state index contributed by atoms with van der Waals surface area (Å²) < 4.78 is 5.29. The molecule has 1 fully saturated rings. The summed E-state index contributed by atoms with van der Waals surface area (Å²) in [6.07, 6.45) is 1.01. The third-order valence-electron chi connectivity index (χ3n) is 2.12. The van der Waals surface area contributed by atoms with Crippen LogP contribution in [0.4, 0.5) is 0 Å². The second kappa shape index (κ2) is 3.87. The Balaban J connectivity index is 2.35. The molecule has 0 radical (unpaired) electrons. The minimum atomic E-state index is -0.433. The molecule has 1 aliphatic rings. The highest BCUT2D eigenvalue weighted by Gasteiger charge is 2.26. The fraction of sp³-hybridized carbons (Fsp3) is 0.875. The molecule has 0 bridgehead atoms. The van der Waals surface area contributed by atoms with Crippen molar-refractivity contribution in [1.82, 2.24) is 5.32 Å². The highest BCUT2D eigenvalue weighted by Crippen LogP contribution is 2.12. The highest BCUT2D eigenvalue weighted by molar-refractivity contribution is 5.81. The number of rotatable bonds is 2. The number of hydrogen-bond donors (Lipinski definition) is 2. The van der Waals surface area contributed by atoms with Gasteiger partial charge in [-0.15, -0.1) is 0 Å². The summed E-state index contributed by atoms with van der Waals surface area (Å²) >= 11 is 0. The van der Waals surface area contributed by atoms with Crippen molar-refractivity contribution in [1.29, 1.82) is 0 Å². The number of ether oxygens (including phenoxy) is 1. The van der Waals surface area contributed by atoms with Crippen molar-refractivity contribution in [3.8, 4) is 0 Å². The molecule has 4 heteroatoms. The molecule has 3 atom stereocenters. The molecule has 3 N–H and O–H groups in total. The molecule has 3 unspecified atom stereocenters. The number of amides is 1. The molecule has 0 aromatic heterocycles. The van der Waals surface area contributed by atoms with Crippen molar-refractivity contribution in [3.05, 3.63) is 0 Å². The van der Waals surface area contributed by atoms with Gasteiger partial charge in [0.15, 0.2) is 0 Å². The SMILES string of the molecule is CC(N)C(=O)NC1CCOC1C. The summed E-state index contributed by atoms with van der Waals surface area (Å²) in [5.74, 6) is -0.0997. The molecule has 12 heavy (non-hydrogen) atoms. The van der Waals surface area contributed by atoms with Gasteiger partial charge in [-0.1, -0.05) is 0 Å². The van der Waals surface area contributed by atoms with E-state index >= 15 is 0 Å². The van der Waals surface area contributed by atoms with Gasteiger partial charge in [0.1, 0.15) is 0 Å². The van der Waals surface area contributed by atoms with E-state index in [0.29, 0.717) is 0 Å². The predicted molar refractivity (Wildman–Crippen MR) is 45.6 cm³/mol. The molecule has 0 aromatic rings. The summed E-state index contributed by atoms with van der Waals surface area (Å²) in [4.78, 5) is 11.2. The van der Waals surface area contributed by atoms with Gasteiger partial charge in [0.25, 0.3) is 0 Å². The van der Waals surface area contributed by atoms with Gasteiger partial charge in [0.05, 0.1) is 18.2 Å². The molecule has 0 aliphatic carbocycles. The summed E-state index contributed by atoms with van der Waals surface area (Å²) in [6, 6.07) is -0.290. The van der Waals surface area contributed by atoms with Crippen LogP contribution >= 0.6 is 0 Å². The van der Waals surface area contributed by atoms with E-state index in [2.05, 4.69) is 5.32 Å². The maximum absolute atomic E-state index is 11.2. The van der Waals surface area contributed by atoms with Crippen LogP contribution in [0.2, 0.25) is 0 Å². The topological polar surface area (TPSA) is 64.4 Å². The largest absolute Gasteiger partial charge is 0.376 e. The van der Waals surface area contributed by atoms with Crippen LogP contribution in [0.1, 0.15) is 20.3 Å². The molecule has 1 heterocycles. The summed E-state index contributed by atoms with van der Waals surface area (Å²) in [7, 11) is 0. The van der Waals surface area contributed by atoms with Crippen LogP contribution < -0.4 is 11.1 Å². The molecular formula is C8H16N2O2. The zero-order valence-corrected chi connectivity index (χ0v) is 7.54. The van der Waals surface area contributed by atoms with E-state index in [-0.39, 0.29) is 18.1 Å². The lowest BCUT2D eigenvalue weighted by molar-refractivity contribution is -0.123. The van der Waals surface area contributed by atoms with E-state index in [0.717, 1.165) is 13.0 Å². The van der Waals surface area contributed by atoms with Crippen LogP contribution in [0.5, 0.6) is 0 Å². The Labute approximate surface area is 72.5 Å². The van der Waals surface area contributed by atoms with Crippen molar-refractivity contribution < 1.29 is 9.53 Å². The zero-order chi connectivity index (χ0) is 9.14. The Morgan fingerprint density at radius 1 is 1.75 bits per heavy atom. The fourth-order valence-electron chi connectivity index (χ4n) is 1.24. The minimum absolute atomic E-state index is 0.0997. The first-order valence-electron chi connectivity index (χ1n) is 4.29. The second-order valence-corrected chi connectivity index (χ2v) is 3.27. The fourth-order valence-corrected chi connectivity index (χ4v) is 1.24. The van der Waals surface area contributed by atoms with Crippen LogP contribution in [0, 0.1) is 0 Å². The van der Waals surface area contributed by atoms with Crippen LogP contribution in [-0.2, 0) is 9.53 Å². The van der Waals surface area contributed by atoms with Gasteiger partial charge < -0.3 is 15.8 Å². The first-order valence-corrected chi connectivity index (χ1v) is 4.29. The van der Waals surface area contributed by atoms with Crippen molar-refractivity contribution in [2.75, 3.05) is 6.61 Å². The third-order valence-corrected chi connectivity index (χ3v) is 2.12. The van der Waals surface area contributed by atoms with Gasteiger partial charge in [0.2, 0.25) is 5.91 Å². The number of hydrogen-bond acceptors (Lipinski definition) is 3. The molecule has 1 aliphatic heterocycles. The van der Waals surface area contributed by atoms with E-state index in [1.54, 1.807) is 6.92 Å². The highest BCUT2D eigenvalue weighted by atomic mass is 16.5. The Morgan fingerprint density at radius 2 is 2.42 bits per heavy atom. The van der Waals surface area contributed by atoms with Crippen LogP contribution in [0.3, 0.4) is 0 Å². The molecule has 0 aromatic carbocycles. The van der Waals surface area contributed by atoms with Crippen molar-refractivity contribution in [3.63, 3.8) is 0 Å². The summed E-state index contributed by atoms with van der Waals surface area (Å²) in [6.45, 7) is 4.36. The van der Waals surface area contributed by atoms with Crippen molar-refractivity contribution in [2.45, 2.75) is 38.5 Å². The monoisotopic (exact) mass is 172 g/mol. The third kappa shape index (κ3) is 2.19. The maximum atomic E-state index is 11.2. The van der Waals surface area contributed by atoms with E-state index < -0.39 is 6.04 Å². The van der Waals surface area contributed by atoms with Gasteiger partial charge in [-0.2, -0.15) is 0 Å². The zero-order valence-electron chi connectivity index (χ0n) is 7.54. The average molecular weight is 172 g/mol. The van der Waals surface area contributed by atoms with E-state index in [9.17, 15) is 4.79 Å². The van der Waals surface area contributed by atoms with Crippen molar-refractivity contribution >= 4 is 5.91 Å². The minimum Gasteiger partial charge on any atom is -0.376 e. The quantitative estimate of drug-likeness (QED) is 0.597. The number of nitrogens with two attached hydrogens (primary N) is 1. The smallest absolute Gasteiger partial charge is 0.236 e. The normalized spacial score (nSPS) is 31.6. The first-order chi connectivity index (χ1) is 5.61. The van der Waals surface area contributed by atoms with Crippen LogP contribution in [0.25, 0.3) is 0 Å². The van der Waals surface area contributed by atoms with Gasteiger partial charge in [-0.25, -0.2) is 0 Å². The maximum Gasteiger partial charge on any atom is 0.236 e. The molecule has 1 saturated heterocycles. The van der Waals surface area contributed by atoms with Gasteiger partial charge in [-0.05, 0) is 20.3 Å². The lowest BCUT2D eigenvalue weighted by atomic mass is 10.1. The molecule has 70 valence electrons. The first kappa shape index (κ1) is 9.48. The van der Waals surface area contributed by atoms with Gasteiger partial charge in [0, 0.05) is 6.61 Å². The lowest BCUT2D eigenvalue weighted by Crippen LogP contribution is -2.46. The number of carbonyl (C=O) groups excluding carboxylic acids is 1. The lowest BCUT2D eigenvalue weighted by Gasteiger charge is -2.17. The Hall–Kier alpha value is -0.610. The summed E-state index contributed by atoms with van der Waals surface area (Å²) in [5.41, 5.74) is 5.41. The molecule has 0 saturated carbocycles. The number of nitrogens with one attached hydrogen (secondary N) is 1. The van der Waals surface area contributed by atoms with Gasteiger partial charge >= 0.3 is 0 Å².